The summed E-state index contributed by atoms with van der Waals surface area (Å²) in [6.07, 6.45) is 5.46. The molecule has 3 rings (SSSR count). The number of hydrogen-bond donors (Lipinski definition) is 2. The highest BCUT2D eigenvalue weighted by Crippen LogP contribution is 2.17. The summed E-state index contributed by atoms with van der Waals surface area (Å²) in [6, 6.07) is 10.9. The number of piperidine rings is 1. The second-order valence-corrected chi connectivity index (χ2v) is 6.93. The summed E-state index contributed by atoms with van der Waals surface area (Å²) >= 11 is 0. The minimum absolute atomic E-state index is 0.501. The fraction of sp³-hybridized carbons (Fsp3) is 0.524. The Morgan fingerprint density at radius 3 is 2.77 bits per heavy atom. The molecule has 1 fully saturated rings. The van der Waals surface area contributed by atoms with Gasteiger partial charge in [0.15, 0.2) is 5.96 Å². The Morgan fingerprint density at radius 2 is 2.00 bits per heavy atom. The molecular formula is C21H31N5. The second-order valence-electron chi connectivity index (χ2n) is 6.93. The van der Waals surface area contributed by atoms with E-state index >= 15 is 0 Å². The van der Waals surface area contributed by atoms with Crippen LogP contribution >= 0.6 is 0 Å². The summed E-state index contributed by atoms with van der Waals surface area (Å²) < 4.78 is 0. The third-order valence-electron chi connectivity index (χ3n) is 4.96. The molecule has 2 N–H and O–H groups in total. The Hall–Kier alpha value is -2.14. The maximum atomic E-state index is 4.80. The van der Waals surface area contributed by atoms with Crippen LogP contribution in [0.5, 0.6) is 0 Å². The molecule has 140 valence electrons. The SMILES string of the molecule is CCCN1CCC(NC(=NCc2nccc3ccccc23)NCC)CC1. The molecule has 0 saturated carbocycles. The first-order valence-electron chi connectivity index (χ1n) is 9.90. The highest BCUT2D eigenvalue weighted by molar-refractivity contribution is 5.85. The van der Waals surface area contributed by atoms with Crippen LogP contribution in [-0.4, -0.2) is 48.1 Å². The molecule has 0 spiro atoms. The lowest BCUT2D eigenvalue weighted by molar-refractivity contribution is 0.206. The van der Waals surface area contributed by atoms with Gasteiger partial charge in [-0.25, -0.2) is 4.99 Å². The lowest BCUT2D eigenvalue weighted by Crippen LogP contribution is -2.48. The van der Waals surface area contributed by atoms with Crippen LogP contribution < -0.4 is 10.6 Å². The smallest absolute Gasteiger partial charge is 0.191 e. The van der Waals surface area contributed by atoms with Crippen LogP contribution in [0.2, 0.25) is 0 Å². The van der Waals surface area contributed by atoms with Gasteiger partial charge in [0, 0.05) is 37.3 Å². The zero-order valence-corrected chi connectivity index (χ0v) is 16.0. The predicted molar refractivity (Wildman–Crippen MR) is 109 cm³/mol. The molecular weight excluding hydrogens is 322 g/mol. The molecule has 26 heavy (non-hydrogen) atoms. The number of nitrogens with zero attached hydrogens (tertiary/aromatic N) is 3. The molecule has 2 aromatic rings. The minimum Gasteiger partial charge on any atom is -0.357 e. The Morgan fingerprint density at radius 1 is 1.19 bits per heavy atom. The number of likely N-dealkylation sites (tertiary alicyclic amines) is 1. The first kappa shape index (κ1) is 18.6. The number of pyridine rings is 1. The van der Waals surface area contributed by atoms with Crippen molar-refractivity contribution in [3.8, 4) is 0 Å². The van der Waals surface area contributed by atoms with E-state index in [2.05, 4.69) is 64.7 Å². The fourth-order valence-corrected chi connectivity index (χ4v) is 3.59. The number of aliphatic imine (C=N–C) groups is 1. The van der Waals surface area contributed by atoms with Crippen molar-refractivity contribution < 1.29 is 0 Å². The van der Waals surface area contributed by atoms with Gasteiger partial charge < -0.3 is 15.5 Å². The zero-order valence-electron chi connectivity index (χ0n) is 16.0. The summed E-state index contributed by atoms with van der Waals surface area (Å²) in [6.45, 7) is 9.38. The maximum Gasteiger partial charge on any atom is 0.191 e. The number of rotatable bonds is 6. The number of aromatic nitrogens is 1. The molecule has 1 aliphatic heterocycles. The van der Waals surface area contributed by atoms with Gasteiger partial charge in [0.1, 0.15) is 0 Å². The van der Waals surface area contributed by atoms with E-state index in [0.717, 1.165) is 18.2 Å². The summed E-state index contributed by atoms with van der Waals surface area (Å²) in [5.74, 6) is 0.899. The van der Waals surface area contributed by atoms with Crippen molar-refractivity contribution in [3.05, 3.63) is 42.2 Å². The first-order valence-corrected chi connectivity index (χ1v) is 9.90. The molecule has 1 aromatic heterocycles. The number of fused-ring (bicyclic) bond motifs is 1. The van der Waals surface area contributed by atoms with Crippen molar-refractivity contribution >= 4 is 16.7 Å². The van der Waals surface area contributed by atoms with Gasteiger partial charge in [-0.2, -0.15) is 0 Å². The van der Waals surface area contributed by atoms with E-state index < -0.39 is 0 Å². The van der Waals surface area contributed by atoms with Gasteiger partial charge in [-0.15, -0.1) is 0 Å². The van der Waals surface area contributed by atoms with E-state index in [9.17, 15) is 0 Å². The molecule has 2 heterocycles. The lowest BCUT2D eigenvalue weighted by Gasteiger charge is -2.32. The molecule has 0 atom stereocenters. The molecule has 1 aliphatic rings. The normalized spacial score (nSPS) is 16.8. The standard InChI is InChI=1S/C21H31N5/c1-3-13-26-14-10-18(11-15-26)25-21(22-4-2)24-16-20-19-8-6-5-7-17(19)9-12-23-20/h5-9,12,18H,3-4,10-11,13-16H2,1-2H3,(H2,22,24,25). The summed E-state index contributed by atoms with van der Waals surface area (Å²) in [5.41, 5.74) is 1.03. The highest BCUT2D eigenvalue weighted by atomic mass is 15.2. The summed E-state index contributed by atoms with van der Waals surface area (Å²) in [5, 5.41) is 9.40. The van der Waals surface area contributed by atoms with E-state index in [1.807, 2.05) is 6.20 Å². The molecule has 0 unspecified atom stereocenters. The lowest BCUT2D eigenvalue weighted by atomic mass is 10.1. The molecule has 5 heteroatoms. The topological polar surface area (TPSA) is 52.5 Å². The van der Waals surface area contributed by atoms with Crippen molar-refractivity contribution in [2.75, 3.05) is 26.2 Å². The Kier molecular flexibility index (Phi) is 6.83. The van der Waals surface area contributed by atoms with Crippen LogP contribution in [0.1, 0.15) is 38.8 Å². The molecule has 0 bridgehead atoms. The van der Waals surface area contributed by atoms with Gasteiger partial charge in [0.2, 0.25) is 0 Å². The maximum absolute atomic E-state index is 4.80. The Balaban J connectivity index is 1.64. The average Bonchev–Trinajstić information content (AvgIpc) is 2.68. The third-order valence-corrected chi connectivity index (χ3v) is 4.96. The van der Waals surface area contributed by atoms with Crippen molar-refractivity contribution in [1.29, 1.82) is 0 Å². The van der Waals surface area contributed by atoms with Gasteiger partial charge in [0.25, 0.3) is 0 Å². The summed E-state index contributed by atoms with van der Waals surface area (Å²) in [7, 11) is 0. The van der Waals surface area contributed by atoms with E-state index in [-0.39, 0.29) is 0 Å². The minimum atomic E-state index is 0.501. The van der Waals surface area contributed by atoms with Crippen molar-refractivity contribution in [2.45, 2.75) is 45.7 Å². The van der Waals surface area contributed by atoms with E-state index in [0.29, 0.717) is 12.6 Å². The van der Waals surface area contributed by atoms with Crippen molar-refractivity contribution in [1.82, 2.24) is 20.5 Å². The number of hydrogen-bond acceptors (Lipinski definition) is 3. The molecule has 0 amide bonds. The van der Waals surface area contributed by atoms with Crippen LogP contribution in [0, 0.1) is 0 Å². The van der Waals surface area contributed by atoms with Crippen LogP contribution in [-0.2, 0) is 6.54 Å². The van der Waals surface area contributed by atoms with Crippen molar-refractivity contribution in [3.63, 3.8) is 0 Å². The van der Waals surface area contributed by atoms with Crippen LogP contribution in [0.25, 0.3) is 10.8 Å². The van der Waals surface area contributed by atoms with E-state index in [4.69, 9.17) is 4.99 Å². The number of guanidine groups is 1. The molecule has 1 aromatic carbocycles. The quantitative estimate of drug-likeness (QED) is 0.619. The van der Waals surface area contributed by atoms with E-state index in [1.54, 1.807) is 0 Å². The monoisotopic (exact) mass is 353 g/mol. The first-order chi connectivity index (χ1) is 12.8. The van der Waals surface area contributed by atoms with Gasteiger partial charge >= 0.3 is 0 Å². The largest absolute Gasteiger partial charge is 0.357 e. The van der Waals surface area contributed by atoms with Gasteiger partial charge in [0.05, 0.1) is 12.2 Å². The Labute approximate surface area is 156 Å². The average molecular weight is 354 g/mol. The van der Waals surface area contributed by atoms with E-state index in [1.165, 1.54) is 49.7 Å². The van der Waals surface area contributed by atoms with Gasteiger partial charge in [-0.1, -0.05) is 31.2 Å². The molecule has 0 aliphatic carbocycles. The zero-order chi connectivity index (χ0) is 18.2. The molecule has 1 saturated heterocycles. The van der Waals surface area contributed by atoms with Gasteiger partial charge in [-0.05, 0) is 44.2 Å². The Bertz CT molecular complexity index is 714. The third kappa shape index (κ3) is 4.94. The van der Waals surface area contributed by atoms with Crippen LogP contribution in [0.4, 0.5) is 0 Å². The second kappa shape index (κ2) is 9.53. The molecule has 0 radical (unpaired) electrons. The number of benzene rings is 1. The molecule has 5 nitrogen and oxygen atoms in total. The van der Waals surface area contributed by atoms with Crippen LogP contribution in [0.15, 0.2) is 41.5 Å². The van der Waals surface area contributed by atoms with Crippen molar-refractivity contribution in [2.24, 2.45) is 4.99 Å². The van der Waals surface area contributed by atoms with Gasteiger partial charge in [-0.3, -0.25) is 4.98 Å². The highest BCUT2D eigenvalue weighted by Gasteiger charge is 2.19. The number of nitrogens with one attached hydrogen (secondary N) is 2. The van der Waals surface area contributed by atoms with Crippen LogP contribution in [0.3, 0.4) is 0 Å². The predicted octanol–water partition coefficient (Wildman–Crippen LogP) is 3.16. The fourth-order valence-electron chi connectivity index (χ4n) is 3.59. The summed E-state index contributed by atoms with van der Waals surface area (Å²) in [4.78, 5) is 11.9.